The molecule has 0 spiro atoms. The molecular formula is C12H15FN2O. The summed E-state index contributed by atoms with van der Waals surface area (Å²) in [6, 6.07) is 7.83. The third-order valence-corrected chi connectivity index (χ3v) is 2.64. The van der Waals surface area contributed by atoms with Crippen molar-refractivity contribution in [2.75, 3.05) is 11.9 Å². The molecule has 1 N–H and O–H groups in total. The molecule has 0 fully saturated rings. The molecule has 2 aromatic rings. The zero-order valence-electron chi connectivity index (χ0n) is 9.46. The lowest BCUT2D eigenvalue weighted by molar-refractivity contribution is 0.199. The minimum Gasteiger partial charge on any atom is -0.424 e. The fourth-order valence-electron chi connectivity index (χ4n) is 1.33. The van der Waals surface area contributed by atoms with Gasteiger partial charge in [0.15, 0.2) is 5.58 Å². The van der Waals surface area contributed by atoms with E-state index in [1.54, 1.807) is 6.92 Å². The van der Waals surface area contributed by atoms with Crippen LogP contribution in [-0.2, 0) is 0 Å². The Balaban J connectivity index is 2.10. The molecule has 0 radical (unpaired) electrons. The molecule has 2 rings (SSSR count). The monoisotopic (exact) mass is 222 g/mol. The molecule has 1 heterocycles. The van der Waals surface area contributed by atoms with Crippen LogP contribution < -0.4 is 5.32 Å². The summed E-state index contributed by atoms with van der Waals surface area (Å²) in [6.45, 7) is 3.58. The van der Waals surface area contributed by atoms with E-state index in [-0.39, 0.29) is 6.54 Å². The van der Waals surface area contributed by atoms with Gasteiger partial charge in [0.05, 0.1) is 6.54 Å². The van der Waals surface area contributed by atoms with E-state index in [1.807, 2.05) is 31.2 Å². The zero-order valence-corrected chi connectivity index (χ0v) is 9.46. The van der Waals surface area contributed by atoms with Gasteiger partial charge in [-0.25, -0.2) is 4.39 Å². The average molecular weight is 222 g/mol. The Morgan fingerprint density at radius 3 is 2.88 bits per heavy atom. The van der Waals surface area contributed by atoms with E-state index in [2.05, 4.69) is 10.3 Å². The second-order valence-corrected chi connectivity index (χ2v) is 4.11. The quantitative estimate of drug-likeness (QED) is 0.861. The number of benzene rings is 1. The average Bonchev–Trinajstić information content (AvgIpc) is 2.69. The van der Waals surface area contributed by atoms with Gasteiger partial charge >= 0.3 is 0 Å². The Kier molecular flexibility index (Phi) is 2.81. The Morgan fingerprint density at radius 2 is 2.19 bits per heavy atom. The van der Waals surface area contributed by atoms with Crippen molar-refractivity contribution in [3.05, 3.63) is 24.3 Å². The Morgan fingerprint density at radius 1 is 1.44 bits per heavy atom. The summed E-state index contributed by atoms with van der Waals surface area (Å²) in [6.07, 6.45) is 0.459. The number of rotatable bonds is 4. The normalized spacial score (nSPS) is 14.9. The van der Waals surface area contributed by atoms with Crippen molar-refractivity contribution in [2.24, 2.45) is 0 Å². The van der Waals surface area contributed by atoms with Crippen molar-refractivity contribution >= 4 is 17.1 Å². The first-order valence-electron chi connectivity index (χ1n) is 5.39. The highest BCUT2D eigenvalue weighted by atomic mass is 19.1. The van der Waals surface area contributed by atoms with Crippen LogP contribution >= 0.6 is 0 Å². The molecule has 1 aromatic heterocycles. The topological polar surface area (TPSA) is 38.1 Å². The van der Waals surface area contributed by atoms with Crippen molar-refractivity contribution in [3.63, 3.8) is 0 Å². The number of aromatic nitrogens is 1. The summed E-state index contributed by atoms with van der Waals surface area (Å²) < 4.78 is 19.0. The smallest absolute Gasteiger partial charge is 0.295 e. The summed E-state index contributed by atoms with van der Waals surface area (Å²) in [5, 5.41) is 2.87. The van der Waals surface area contributed by atoms with Gasteiger partial charge in [-0.2, -0.15) is 4.98 Å². The van der Waals surface area contributed by atoms with Crippen LogP contribution in [0.4, 0.5) is 10.4 Å². The van der Waals surface area contributed by atoms with E-state index in [4.69, 9.17) is 4.42 Å². The number of fused-ring (bicyclic) bond motifs is 1. The molecule has 86 valence electrons. The van der Waals surface area contributed by atoms with Crippen molar-refractivity contribution in [2.45, 2.75) is 25.9 Å². The first kappa shape index (κ1) is 10.9. The molecular weight excluding hydrogens is 207 g/mol. The summed E-state index contributed by atoms with van der Waals surface area (Å²) in [5.74, 6) is 0. The molecule has 0 aliphatic carbocycles. The van der Waals surface area contributed by atoms with Gasteiger partial charge in [-0.3, -0.25) is 0 Å². The molecule has 1 aromatic carbocycles. The minimum absolute atomic E-state index is 0.205. The van der Waals surface area contributed by atoms with E-state index in [1.165, 1.54) is 0 Å². The SMILES string of the molecule is CCC(C)(F)CNc1nc2ccccc2o1. The van der Waals surface area contributed by atoms with Crippen LogP contribution in [0.2, 0.25) is 0 Å². The van der Waals surface area contributed by atoms with E-state index < -0.39 is 5.67 Å². The molecule has 4 heteroatoms. The largest absolute Gasteiger partial charge is 0.424 e. The maximum Gasteiger partial charge on any atom is 0.295 e. The standard InChI is InChI=1S/C12H15FN2O/c1-3-12(2,13)8-14-11-15-9-6-4-5-7-10(9)16-11/h4-7H,3,8H2,1-2H3,(H,14,15). The molecule has 0 bridgehead atoms. The number of hydrogen-bond acceptors (Lipinski definition) is 3. The number of oxazole rings is 1. The predicted octanol–water partition coefficient (Wildman–Crippen LogP) is 3.38. The van der Waals surface area contributed by atoms with Crippen molar-refractivity contribution in [3.8, 4) is 0 Å². The van der Waals surface area contributed by atoms with E-state index in [0.717, 1.165) is 5.52 Å². The highest BCUT2D eigenvalue weighted by Gasteiger charge is 2.20. The number of nitrogens with zero attached hydrogens (tertiary/aromatic N) is 1. The number of halogens is 1. The molecule has 16 heavy (non-hydrogen) atoms. The van der Waals surface area contributed by atoms with Crippen LogP contribution in [0.5, 0.6) is 0 Å². The summed E-state index contributed by atoms with van der Waals surface area (Å²) in [5.41, 5.74) is 0.254. The third kappa shape index (κ3) is 2.32. The summed E-state index contributed by atoms with van der Waals surface area (Å²) in [4.78, 5) is 4.21. The maximum absolute atomic E-state index is 13.6. The van der Waals surface area contributed by atoms with Crippen LogP contribution in [0.3, 0.4) is 0 Å². The molecule has 0 saturated carbocycles. The molecule has 1 atom stereocenters. The van der Waals surface area contributed by atoms with E-state index in [0.29, 0.717) is 18.0 Å². The fourth-order valence-corrected chi connectivity index (χ4v) is 1.33. The van der Waals surface area contributed by atoms with Crippen molar-refractivity contribution < 1.29 is 8.81 Å². The molecule has 3 nitrogen and oxygen atoms in total. The Labute approximate surface area is 93.7 Å². The maximum atomic E-state index is 13.6. The fraction of sp³-hybridized carbons (Fsp3) is 0.417. The van der Waals surface area contributed by atoms with Crippen LogP contribution in [0.15, 0.2) is 28.7 Å². The zero-order chi connectivity index (χ0) is 11.6. The number of hydrogen-bond donors (Lipinski definition) is 1. The number of para-hydroxylation sites is 2. The van der Waals surface area contributed by atoms with Crippen LogP contribution in [0.1, 0.15) is 20.3 Å². The first-order valence-corrected chi connectivity index (χ1v) is 5.39. The first-order chi connectivity index (χ1) is 7.61. The van der Waals surface area contributed by atoms with Gasteiger partial charge in [0.2, 0.25) is 0 Å². The highest BCUT2D eigenvalue weighted by Crippen LogP contribution is 2.20. The van der Waals surface area contributed by atoms with Gasteiger partial charge in [-0.1, -0.05) is 19.1 Å². The van der Waals surface area contributed by atoms with Gasteiger partial charge in [0.25, 0.3) is 6.01 Å². The molecule has 1 unspecified atom stereocenters. The molecule has 0 amide bonds. The Bertz CT molecular complexity index is 446. The second-order valence-electron chi connectivity index (χ2n) is 4.11. The van der Waals surface area contributed by atoms with Gasteiger partial charge < -0.3 is 9.73 Å². The lowest BCUT2D eigenvalue weighted by atomic mass is 10.1. The van der Waals surface area contributed by atoms with Gasteiger partial charge in [-0.05, 0) is 25.5 Å². The van der Waals surface area contributed by atoms with Gasteiger partial charge in [-0.15, -0.1) is 0 Å². The van der Waals surface area contributed by atoms with Gasteiger partial charge in [0, 0.05) is 0 Å². The van der Waals surface area contributed by atoms with Crippen molar-refractivity contribution in [1.29, 1.82) is 0 Å². The Hall–Kier alpha value is -1.58. The lowest BCUT2D eigenvalue weighted by Crippen LogP contribution is -2.27. The summed E-state index contributed by atoms with van der Waals surface area (Å²) >= 11 is 0. The van der Waals surface area contributed by atoms with Crippen LogP contribution in [-0.4, -0.2) is 17.2 Å². The van der Waals surface area contributed by atoms with Crippen LogP contribution in [0, 0.1) is 0 Å². The number of alkyl halides is 1. The summed E-state index contributed by atoms with van der Waals surface area (Å²) in [7, 11) is 0. The molecule has 0 saturated heterocycles. The van der Waals surface area contributed by atoms with Crippen molar-refractivity contribution in [1.82, 2.24) is 4.98 Å². The predicted molar refractivity (Wildman–Crippen MR) is 62.3 cm³/mol. The number of anilines is 1. The molecule has 0 aliphatic heterocycles. The minimum atomic E-state index is -1.24. The third-order valence-electron chi connectivity index (χ3n) is 2.64. The number of nitrogens with one attached hydrogen (secondary N) is 1. The van der Waals surface area contributed by atoms with Crippen LogP contribution in [0.25, 0.3) is 11.1 Å². The molecule has 0 aliphatic rings. The second kappa shape index (κ2) is 4.12. The van der Waals surface area contributed by atoms with E-state index in [9.17, 15) is 4.39 Å². The highest BCUT2D eigenvalue weighted by molar-refractivity contribution is 5.74. The van der Waals surface area contributed by atoms with E-state index >= 15 is 0 Å². The lowest BCUT2D eigenvalue weighted by Gasteiger charge is -2.17. The van der Waals surface area contributed by atoms with Gasteiger partial charge in [0.1, 0.15) is 11.2 Å².